The van der Waals surface area contributed by atoms with Crippen molar-refractivity contribution in [3.63, 3.8) is 0 Å². The molecule has 0 spiro atoms. The monoisotopic (exact) mass is 367 g/mol. The molecule has 1 N–H and O–H groups in total. The second kappa shape index (κ2) is 7.82. The largest absolute Gasteiger partial charge is 0.440 e. The van der Waals surface area contributed by atoms with Gasteiger partial charge in [-0.15, -0.1) is 0 Å². The van der Waals surface area contributed by atoms with Gasteiger partial charge in [-0.05, 0) is 43.9 Å². The quantitative estimate of drug-likeness (QED) is 0.702. The van der Waals surface area contributed by atoms with Crippen LogP contribution in [0.15, 0.2) is 41.1 Å². The molecule has 2 aromatic heterocycles. The molecule has 1 aromatic carbocycles. The van der Waals surface area contributed by atoms with Gasteiger partial charge in [0.2, 0.25) is 0 Å². The summed E-state index contributed by atoms with van der Waals surface area (Å²) in [6.07, 6.45) is 6.49. The van der Waals surface area contributed by atoms with Crippen LogP contribution in [0.5, 0.6) is 0 Å². The molecule has 7 nitrogen and oxygen atoms in total. The number of urea groups is 1. The molecule has 4 rings (SSSR count). The molecular weight excluding hydrogens is 342 g/mol. The molecule has 27 heavy (non-hydrogen) atoms. The highest BCUT2D eigenvalue weighted by Gasteiger charge is 2.26. The van der Waals surface area contributed by atoms with Gasteiger partial charge in [-0.2, -0.15) is 5.10 Å². The van der Waals surface area contributed by atoms with Crippen LogP contribution in [0.25, 0.3) is 11.1 Å². The lowest BCUT2D eigenvalue weighted by Gasteiger charge is -2.30. The molecule has 142 valence electrons. The van der Waals surface area contributed by atoms with Gasteiger partial charge in [0.15, 0.2) is 11.5 Å². The maximum absolute atomic E-state index is 12.4. The molecule has 1 saturated heterocycles. The fourth-order valence-electron chi connectivity index (χ4n) is 3.53. The standard InChI is InChI=1S/C20H25N5O2/c1-15-13-22-25(14-15)10-4-9-21-20(26)24-11-7-16(8-12-24)19-23-17-5-2-3-6-18(17)27-19/h2-3,5-6,13-14,16H,4,7-12H2,1H3,(H,21,26). The fourth-order valence-corrected chi connectivity index (χ4v) is 3.53. The topological polar surface area (TPSA) is 76.2 Å². The van der Waals surface area contributed by atoms with E-state index in [0.29, 0.717) is 6.54 Å². The third kappa shape index (κ3) is 4.13. The lowest BCUT2D eigenvalue weighted by molar-refractivity contribution is 0.177. The Bertz CT molecular complexity index is 875. The van der Waals surface area contributed by atoms with Crippen molar-refractivity contribution in [1.29, 1.82) is 0 Å². The van der Waals surface area contributed by atoms with E-state index >= 15 is 0 Å². The number of rotatable bonds is 5. The molecule has 1 fully saturated rings. The van der Waals surface area contributed by atoms with Gasteiger partial charge in [-0.25, -0.2) is 9.78 Å². The SMILES string of the molecule is Cc1cnn(CCCNC(=O)N2CCC(c3nc4ccccc4o3)CC2)c1. The van der Waals surface area contributed by atoms with E-state index < -0.39 is 0 Å². The Morgan fingerprint density at radius 1 is 1.30 bits per heavy atom. The summed E-state index contributed by atoms with van der Waals surface area (Å²) in [6.45, 7) is 4.95. The van der Waals surface area contributed by atoms with E-state index in [1.165, 1.54) is 0 Å². The van der Waals surface area contributed by atoms with Gasteiger partial charge in [0, 0.05) is 38.3 Å². The Labute approximate surface area is 158 Å². The van der Waals surface area contributed by atoms with Crippen molar-refractivity contribution in [2.45, 2.75) is 38.6 Å². The number of hydrogen-bond donors (Lipinski definition) is 1. The number of para-hydroxylation sites is 2. The zero-order valence-electron chi connectivity index (χ0n) is 15.6. The van der Waals surface area contributed by atoms with E-state index in [2.05, 4.69) is 15.4 Å². The predicted molar refractivity (Wildman–Crippen MR) is 103 cm³/mol. The maximum Gasteiger partial charge on any atom is 0.317 e. The Morgan fingerprint density at radius 2 is 2.11 bits per heavy atom. The van der Waals surface area contributed by atoms with Crippen molar-refractivity contribution in [3.8, 4) is 0 Å². The summed E-state index contributed by atoms with van der Waals surface area (Å²) in [5.41, 5.74) is 2.89. The zero-order valence-corrected chi connectivity index (χ0v) is 15.6. The lowest BCUT2D eigenvalue weighted by Crippen LogP contribution is -2.44. The molecule has 0 aliphatic carbocycles. The number of benzene rings is 1. The van der Waals surface area contributed by atoms with Crippen molar-refractivity contribution in [3.05, 3.63) is 48.1 Å². The first-order valence-electron chi connectivity index (χ1n) is 9.56. The molecule has 0 saturated carbocycles. The molecule has 1 aliphatic rings. The van der Waals surface area contributed by atoms with E-state index in [0.717, 1.165) is 61.5 Å². The summed E-state index contributed by atoms with van der Waals surface area (Å²) in [4.78, 5) is 18.8. The number of carbonyl (C=O) groups excluding carboxylic acids is 1. The van der Waals surface area contributed by atoms with Crippen LogP contribution in [-0.2, 0) is 6.54 Å². The fraction of sp³-hybridized carbons (Fsp3) is 0.450. The van der Waals surface area contributed by atoms with E-state index in [-0.39, 0.29) is 11.9 Å². The molecule has 3 aromatic rings. The van der Waals surface area contributed by atoms with Crippen LogP contribution in [0, 0.1) is 6.92 Å². The van der Waals surface area contributed by atoms with Crippen molar-refractivity contribution < 1.29 is 9.21 Å². The third-order valence-electron chi connectivity index (χ3n) is 5.04. The number of nitrogens with one attached hydrogen (secondary N) is 1. The maximum atomic E-state index is 12.4. The summed E-state index contributed by atoms with van der Waals surface area (Å²) in [7, 11) is 0. The number of amides is 2. The smallest absolute Gasteiger partial charge is 0.317 e. The highest BCUT2D eigenvalue weighted by Crippen LogP contribution is 2.29. The van der Waals surface area contributed by atoms with Gasteiger partial charge in [-0.3, -0.25) is 4.68 Å². The molecule has 2 amide bonds. The summed E-state index contributed by atoms with van der Waals surface area (Å²) in [6, 6.07) is 7.85. The van der Waals surface area contributed by atoms with Gasteiger partial charge in [0.05, 0.1) is 6.20 Å². The highest BCUT2D eigenvalue weighted by atomic mass is 16.3. The second-order valence-electron chi connectivity index (χ2n) is 7.15. The Hall–Kier alpha value is -2.83. The molecular formula is C20H25N5O2. The summed E-state index contributed by atoms with van der Waals surface area (Å²) >= 11 is 0. The van der Waals surface area contributed by atoms with Crippen molar-refractivity contribution >= 4 is 17.1 Å². The minimum Gasteiger partial charge on any atom is -0.440 e. The number of aromatic nitrogens is 3. The number of oxazole rings is 1. The normalized spacial score (nSPS) is 15.4. The van der Waals surface area contributed by atoms with Crippen LogP contribution >= 0.6 is 0 Å². The van der Waals surface area contributed by atoms with Gasteiger partial charge in [-0.1, -0.05) is 12.1 Å². The van der Waals surface area contributed by atoms with Gasteiger partial charge < -0.3 is 14.6 Å². The molecule has 1 aliphatic heterocycles. The number of piperidine rings is 1. The second-order valence-corrected chi connectivity index (χ2v) is 7.15. The summed E-state index contributed by atoms with van der Waals surface area (Å²) in [5.74, 6) is 1.08. The van der Waals surface area contributed by atoms with Crippen LogP contribution in [0.2, 0.25) is 0 Å². The van der Waals surface area contributed by atoms with Gasteiger partial charge in [0.25, 0.3) is 0 Å². The van der Waals surface area contributed by atoms with Crippen LogP contribution in [0.3, 0.4) is 0 Å². The average Bonchev–Trinajstić information content (AvgIpc) is 3.31. The number of hydrogen-bond acceptors (Lipinski definition) is 4. The van der Waals surface area contributed by atoms with E-state index in [1.54, 1.807) is 0 Å². The minimum atomic E-state index is 0.0164. The number of carbonyl (C=O) groups is 1. The molecule has 0 bridgehead atoms. The molecule has 0 unspecified atom stereocenters. The van der Waals surface area contributed by atoms with Crippen molar-refractivity contribution in [2.75, 3.05) is 19.6 Å². The van der Waals surface area contributed by atoms with E-state index in [4.69, 9.17) is 4.42 Å². The first kappa shape index (κ1) is 17.6. The van der Waals surface area contributed by atoms with Crippen molar-refractivity contribution in [2.24, 2.45) is 0 Å². The molecule has 3 heterocycles. The highest BCUT2D eigenvalue weighted by molar-refractivity contribution is 5.74. The zero-order chi connectivity index (χ0) is 18.6. The molecule has 0 radical (unpaired) electrons. The van der Waals surface area contributed by atoms with E-state index in [1.807, 2.05) is 53.2 Å². The van der Waals surface area contributed by atoms with Crippen molar-refractivity contribution in [1.82, 2.24) is 25.0 Å². The van der Waals surface area contributed by atoms with Gasteiger partial charge >= 0.3 is 6.03 Å². The minimum absolute atomic E-state index is 0.0164. The Morgan fingerprint density at radius 3 is 2.85 bits per heavy atom. The number of likely N-dealkylation sites (tertiary alicyclic amines) is 1. The lowest BCUT2D eigenvalue weighted by atomic mass is 9.97. The van der Waals surface area contributed by atoms with Crippen LogP contribution < -0.4 is 5.32 Å². The van der Waals surface area contributed by atoms with E-state index in [9.17, 15) is 4.79 Å². The predicted octanol–water partition coefficient (Wildman–Crippen LogP) is 3.31. The summed E-state index contributed by atoms with van der Waals surface area (Å²) < 4.78 is 7.80. The number of aryl methyl sites for hydroxylation is 2. The summed E-state index contributed by atoms with van der Waals surface area (Å²) in [5, 5.41) is 7.27. The Kier molecular flexibility index (Phi) is 5.09. The first-order chi connectivity index (χ1) is 13.2. The number of fused-ring (bicyclic) bond motifs is 1. The number of nitrogens with zero attached hydrogens (tertiary/aromatic N) is 4. The Balaban J connectivity index is 1.22. The third-order valence-corrected chi connectivity index (χ3v) is 5.04. The molecule has 0 atom stereocenters. The van der Waals surface area contributed by atoms with Crippen LogP contribution in [0.1, 0.15) is 36.6 Å². The van der Waals surface area contributed by atoms with Crippen LogP contribution in [-0.4, -0.2) is 45.3 Å². The van der Waals surface area contributed by atoms with Gasteiger partial charge in [0.1, 0.15) is 5.52 Å². The first-order valence-corrected chi connectivity index (χ1v) is 9.56. The average molecular weight is 367 g/mol. The van der Waals surface area contributed by atoms with Crippen LogP contribution in [0.4, 0.5) is 4.79 Å². The molecule has 7 heteroatoms.